The molecule has 2 aromatic carbocycles. The number of aliphatic hydroxyl groups excluding tert-OH is 1. The second kappa shape index (κ2) is 7.00. The van der Waals surface area contributed by atoms with Crippen LogP contribution in [0.3, 0.4) is 0 Å². The minimum Gasteiger partial charge on any atom is -0.395 e. The van der Waals surface area contributed by atoms with Gasteiger partial charge >= 0.3 is 6.03 Å². The van der Waals surface area contributed by atoms with E-state index in [1.165, 1.54) is 54.4 Å². The Morgan fingerprint density at radius 2 is 1.77 bits per heavy atom. The van der Waals surface area contributed by atoms with Gasteiger partial charge in [0.2, 0.25) is 0 Å². The van der Waals surface area contributed by atoms with E-state index in [0.717, 1.165) is 0 Å². The van der Waals surface area contributed by atoms with E-state index in [4.69, 9.17) is 5.11 Å². The summed E-state index contributed by atoms with van der Waals surface area (Å²) in [4.78, 5) is 13.3. The van der Waals surface area contributed by atoms with E-state index < -0.39 is 17.7 Å². The SMILES string of the molecule is CN(CCO)C(=O)Nc1ccc(F)cc1-c1ccc(F)cc1. The van der Waals surface area contributed by atoms with Crippen LogP contribution in [0.15, 0.2) is 42.5 Å². The van der Waals surface area contributed by atoms with Gasteiger partial charge in [0.05, 0.1) is 12.3 Å². The number of carbonyl (C=O) groups is 1. The fraction of sp³-hybridized carbons (Fsp3) is 0.188. The Hall–Kier alpha value is -2.47. The summed E-state index contributed by atoms with van der Waals surface area (Å²) in [7, 11) is 1.53. The van der Waals surface area contributed by atoms with Crippen LogP contribution in [0.5, 0.6) is 0 Å². The fourth-order valence-electron chi connectivity index (χ4n) is 1.96. The quantitative estimate of drug-likeness (QED) is 0.912. The third-order valence-electron chi connectivity index (χ3n) is 3.16. The third kappa shape index (κ3) is 3.79. The highest BCUT2D eigenvalue weighted by atomic mass is 19.1. The molecule has 0 fully saturated rings. The number of rotatable bonds is 4. The van der Waals surface area contributed by atoms with E-state index in [9.17, 15) is 13.6 Å². The van der Waals surface area contributed by atoms with Crippen LogP contribution in [-0.2, 0) is 0 Å². The van der Waals surface area contributed by atoms with Gasteiger partial charge in [0.15, 0.2) is 0 Å². The maximum Gasteiger partial charge on any atom is 0.321 e. The topological polar surface area (TPSA) is 52.6 Å². The van der Waals surface area contributed by atoms with E-state index in [1.54, 1.807) is 0 Å². The molecule has 2 aromatic rings. The van der Waals surface area contributed by atoms with E-state index in [1.807, 2.05) is 0 Å². The molecule has 0 aliphatic rings. The van der Waals surface area contributed by atoms with E-state index >= 15 is 0 Å². The molecular formula is C16H16F2N2O2. The van der Waals surface area contributed by atoms with Crippen molar-refractivity contribution in [1.29, 1.82) is 0 Å². The number of anilines is 1. The molecule has 0 unspecified atom stereocenters. The van der Waals surface area contributed by atoms with E-state index in [0.29, 0.717) is 16.8 Å². The van der Waals surface area contributed by atoms with Crippen LogP contribution in [0.25, 0.3) is 11.1 Å². The Balaban J connectivity index is 2.32. The maximum absolute atomic E-state index is 13.5. The number of benzene rings is 2. The first-order valence-corrected chi connectivity index (χ1v) is 6.69. The zero-order valence-corrected chi connectivity index (χ0v) is 12.0. The van der Waals surface area contributed by atoms with Crippen molar-refractivity contribution in [3.05, 3.63) is 54.1 Å². The van der Waals surface area contributed by atoms with Gasteiger partial charge in [-0.2, -0.15) is 0 Å². The minimum absolute atomic E-state index is 0.155. The largest absolute Gasteiger partial charge is 0.395 e. The number of hydrogen-bond acceptors (Lipinski definition) is 2. The van der Waals surface area contributed by atoms with Crippen molar-refractivity contribution in [2.75, 3.05) is 25.5 Å². The molecule has 0 heterocycles. The Morgan fingerprint density at radius 3 is 2.41 bits per heavy atom. The Kier molecular flexibility index (Phi) is 5.06. The van der Waals surface area contributed by atoms with E-state index in [2.05, 4.69) is 5.32 Å². The van der Waals surface area contributed by atoms with Crippen molar-refractivity contribution in [2.24, 2.45) is 0 Å². The Morgan fingerprint density at radius 1 is 1.14 bits per heavy atom. The fourth-order valence-corrected chi connectivity index (χ4v) is 1.96. The van der Waals surface area contributed by atoms with Crippen LogP contribution >= 0.6 is 0 Å². The highest BCUT2D eigenvalue weighted by Gasteiger charge is 2.13. The lowest BCUT2D eigenvalue weighted by Crippen LogP contribution is -2.33. The number of aliphatic hydroxyl groups is 1. The van der Waals surface area contributed by atoms with Gasteiger partial charge in [-0.1, -0.05) is 12.1 Å². The third-order valence-corrected chi connectivity index (χ3v) is 3.16. The number of nitrogens with one attached hydrogen (secondary N) is 1. The second-order valence-electron chi connectivity index (χ2n) is 4.77. The van der Waals surface area contributed by atoms with Crippen LogP contribution in [0.2, 0.25) is 0 Å². The van der Waals surface area contributed by atoms with Gasteiger partial charge in [0.1, 0.15) is 11.6 Å². The number of likely N-dealkylation sites (N-methyl/N-ethyl adjacent to an activating group) is 1. The first-order chi connectivity index (χ1) is 10.5. The van der Waals surface area contributed by atoms with Crippen LogP contribution in [-0.4, -0.2) is 36.2 Å². The summed E-state index contributed by atoms with van der Waals surface area (Å²) in [5, 5.41) is 11.5. The van der Waals surface area contributed by atoms with Crippen molar-refractivity contribution in [1.82, 2.24) is 4.90 Å². The number of urea groups is 1. The van der Waals surface area contributed by atoms with Gasteiger partial charge in [-0.05, 0) is 35.9 Å². The van der Waals surface area contributed by atoms with Crippen LogP contribution < -0.4 is 5.32 Å². The standard InChI is InChI=1S/C16H16F2N2O2/c1-20(8-9-21)16(22)19-15-7-6-13(18)10-14(15)11-2-4-12(17)5-3-11/h2-7,10,21H,8-9H2,1H3,(H,19,22). The molecule has 4 nitrogen and oxygen atoms in total. The molecule has 2 amide bonds. The van der Waals surface area contributed by atoms with Crippen molar-refractivity contribution in [2.45, 2.75) is 0 Å². The predicted octanol–water partition coefficient (Wildman–Crippen LogP) is 3.09. The summed E-state index contributed by atoms with van der Waals surface area (Å²) >= 11 is 0. The molecule has 6 heteroatoms. The first kappa shape index (κ1) is 15.9. The molecular weight excluding hydrogens is 290 g/mol. The summed E-state index contributed by atoms with van der Waals surface area (Å²) in [6, 6.07) is 9.08. The van der Waals surface area contributed by atoms with Gasteiger partial charge in [-0.3, -0.25) is 0 Å². The zero-order chi connectivity index (χ0) is 16.1. The molecule has 0 atom stereocenters. The minimum atomic E-state index is -0.457. The van der Waals surface area contributed by atoms with Crippen molar-refractivity contribution < 1.29 is 18.7 Å². The van der Waals surface area contributed by atoms with Gasteiger partial charge in [-0.25, -0.2) is 13.6 Å². The number of nitrogens with zero attached hydrogens (tertiary/aromatic N) is 1. The van der Waals surface area contributed by atoms with E-state index in [-0.39, 0.29) is 13.2 Å². The summed E-state index contributed by atoms with van der Waals surface area (Å²) in [6.45, 7) is 0.0249. The highest BCUT2D eigenvalue weighted by molar-refractivity contribution is 5.94. The average Bonchev–Trinajstić information content (AvgIpc) is 2.50. The van der Waals surface area contributed by atoms with Gasteiger partial charge in [0.25, 0.3) is 0 Å². The molecule has 0 saturated carbocycles. The normalized spacial score (nSPS) is 10.4. The summed E-state index contributed by atoms with van der Waals surface area (Å²) < 4.78 is 26.5. The highest BCUT2D eigenvalue weighted by Crippen LogP contribution is 2.29. The number of halogens is 2. The van der Waals surface area contributed by atoms with Gasteiger partial charge in [0, 0.05) is 19.2 Å². The molecule has 0 radical (unpaired) electrons. The van der Waals surface area contributed by atoms with Crippen molar-refractivity contribution >= 4 is 11.7 Å². The van der Waals surface area contributed by atoms with Crippen LogP contribution in [0.1, 0.15) is 0 Å². The van der Waals surface area contributed by atoms with Crippen molar-refractivity contribution in [3.8, 4) is 11.1 Å². The number of amides is 2. The average molecular weight is 306 g/mol. The molecule has 0 aliphatic carbocycles. The summed E-state index contributed by atoms with van der Waals surface area (Å²) in [6.07, 6.45) is 0. The maximum atomic E-state index is 13.5. The predicted molar refractivity (Wildman–Crippen MR) is 80.5 cm³/mol. The lowest BCUT2D eigenvalue weighted by atomic mass is 10.0. The smallest absolute Gasteiger partial charge is 0.321 e. The monoisotopic (exact) mass is 306 g/mol. The zero-order valence-electron chi connectivity index (χ0n) is 12.0. The van der Waals surface area contributed by atoms with Crippen LogP contribution in [0.4, 0.5) is 19.3 Å². The lowest BCUT2D eigenvalue weighted by molar-refractivity contribution is 0.202. The van der Waals surface area contributed by atoms with Crippen molar-refractivity contribution in [3.63, 3.8) is 0 Å². The van der Waals surface area contributed by atoms with Crippen LogP contribution in [0, 0.1) is 11.6 Å². The molecule has 116 valence electrons. The summed E-state index contributed by atoms with van der Waals surface area (Å²) in [5.74, 6) is -0.852. The molecule has 0 bridgehead atoms. The molecule has 22 heavy (non-hydrogen) atoms. The second-order valence-corrected chi connectivity index (χ2v) is 4.77. The Labute approximate surface area is 127 Å². The lowest BCUT2D eigenvalue weighted by Gasteiger charge is -2.18. The molecule has 2 rings (SSSR count). The number of hydrogen-bond donors (Lipinski definition) is 2. The molecule has 0 saturated heterocycles. The molecule has 0 spiro atoms. The molecule has 0 aromatic heterocycles. The molecule has 0 aliphatic heterocycles. The van der Waals surface area contributed by atoms with Gasteiger partial charge < -0.3 is 15.3 Å². The number of carbonyl (C=O) groups excluding carboxylic acids is 1. The Bertz CT molecular complexity index is 660. The summed E-state index contributed by atoms with van der Waals surface area (Å²) in [5.41, 5.74) is 1.44. The molecule has 2 N–H and O–H groups in total. The van der Waals surface area contributed by atoms with Gasteiger partial charge in [-0.15, -0.1) is 0 Å². The first-order valence-electron chi connectivity index (χ1n) is 6.69.